The number of rotatable bonds is 3. The summed E-state index contributed by atoms with van der Waals surface area (Å²) in [5.74, 6) is -0.00575. The number of hydrogen-bond acceptors (Lipinski definition) is 2. The molecule has 27 heavy (non-hydrogen) atoms. The summed E-state index contributed by atoms with van der Waals surface area (Å²) in [5.41, 5.74) is 3.77. The first-order valence-electron chi connectivity index (χ1n) is 9.42. The topological polar surface area (TPSA) is 40.6 Å². The van der Waals surface area contributed by atoms with Crippen molar-refractivity contribution < 1.29 is 9.59 Å². The van der Waals surface area contributed by atoms with Gasteiger partial charge in [0, 0.05) is 18.8 Å². The minimum absolute atomic E-state index is 0.000727. The Morgan fingerprint density at radius 2 is 1.74 bits per heavy atom. The standard InChI is InChI=1S/C23H24N2O2/c1-23(2)19-10-6-7-11-20(19)25(22(23)27)16-21(26)24-14-12-18(13-15-24)17-8-4-3-5-9-17/h3-12H,13-16H2,1-2H3. The average molecular weight is 360 g/mol. The first-order chi connectivity index (χ1) is 13.0. The Morgan fingerprint density at radius 3 is 2.44 bits per heavy atom. The number of carbonyl (C=O) groups excluding carboxylic acids is 2. The molecule has 2 aliphatic rings. The third-order valence-corrected chi connectivity index (χ3v) is 5.65. The van der Waals surface area contributed by atoms with Gasteiger partial charge in [-0.15, -0.1) is 0 Å². The Bertz CT molecular complexity index is 915. The van der Waals surface area contributed by atoms with Crippen LogP contribution < -0.4 is 4.90 Å². The predicted octanol–water partition coefficient (Wildman–Crippen LogP) is 3.63. The van der Waals surface area contributed by atoms with Gasteiger partial charge in [-0.05, 0) is 43.0 Å². The van der Waals surface area contributed by atoms with Gasteiger partial charge in [0.15, 0.2) is 0 Å². The molecule has 4 heteroatoms. The molecule has 4 rings (SSSR count). The van der Waals surface area contributed by atoms with E-state index in [1.807, 2.05) is 61.2 Å². The van der Waals surface area contributed by atoms with Crippen LogP contribution in [0.4, 0.5) is 5.69 Å². The van der Waals surface area contributed by atoms with Crippen molar-refractivity contribution in [1.82, 2.24) is 4.90 Å². The summed E-state index contributed by atoms with van der Waals surface area (Å²) in [6.45, 7) is 5.24. The van der Waals surface area contributed by atoms with Gasteiger partial charge in [-0.25, -0.2) is 0 Å². The summed E-state index contributed by atoms with van der Waals surface area (Å²) < 4.78 is 0. The van der Waals surface area contributed by atoms with E-state index in [9.17, 15) is 9.59 Å². The Kier molecular flexibility index (Phi) is 4.34. The molecule has 4 nitrogen and oxygen atoms in total. The molecule has 0 radical (unpaired) electrons. The zero-order valence-corrected chi connectivity index (χ0v) is 15.8. The Morgan fingerprint density at radius 1 is 1.04 bits per heavy atom. The first-order valence-corrected chi connectivity index (χ1v) is 9.42. The highest BCUT2D eigenvalue weighted by atomic mass is 16.2. The summed E-state index contributed by atoms with van der Waals surface area (Å²) in [6.07, 6.45) is 2.96. The van der Waals surface area contributed by atoms with E-state index in [4.69, 9.17) is 0 Å². The maximum atomic E-state index is 12.9. The van der Waals surface area contributed by atoms with Crippen molar-refractivity contribution in [3.8, 4) is 0 Å². The van der Waals surface area contributed by atoms with E-state index in [1.54, 1.807) is 4.90 Å². The number of amides is 2. The zero-order chi connectivity index (χ0) is 19.0. The largest absolute Gasteiger partial charge is 0.337 e. The van der Waals surface area contributed by atoms with Gasteiger partial charge >= 0.3 is 0 Å². The molecule has 2 aromatic rings. The van der Waals surface area contributed by atoms with Crippen LogP contribution in [0.1, 0.15) is 31.4 Å². The van der Waals surface area contributed by atoms with Crippen LogP contribution >= 0.6 is 0 Å². The van der Waals surface area contributed by atoms with Crippen molar-refractivity contribution >= 4 is 23.1 Å². The van der Waals surface area contributed by atoms with Crippen molar-refractivity contribution in [1.29, 1.82) is 0 Å². The smallest absolute Gasteiger partial charge is 0.242 e. The van der Waals surface area contributed by atoms with Crippen LogP contribution in [0.2, 0.25) is 0 Å². The summed E-state index contributed by atoms with van der Waals surface area (Å²) in [7, 11) is 0. The summed E-state index contributed by atoms with van der Waals surface area (Å²) in [4.78, 5) is 29.2. The fourth-order valence-corrected chi connectivity index (χ4v) is 4.00. The molecule has 2 aromatic carbocycles. The van der Waals surface area contributed by atoms with Crippen LogP contribution in [-0.4, -0.2) is 36.3 Å². The van der Waals surface area contributed by atoms with Crippen molar-refractivity contribution in [2.75, 3.05) is 24.5 Å². The normalized spacial score (nSPS) is 18.3. The third kappa shape index (κ3) is 3.05. The molecule has 0 atom stereocenters. The second-order valence-corrected chi connectivity index (χ2v) is 7.72. The highest BCUT2D eigenvalue weighted by molar-refractivity contribution is 6.10. The minimum atomic E-state index is -0.584. The Labute approximate surface area is 160 Å². The van der Waals surface area contributed by atoms with Gasteiger partial charge in [0.1, 0.15) is 6.54 Å². The second-order valence-electron chi connectivity index (χ2n) is 7.72. The molecule has 0 saturated carbocycles. The summed E-state index contributed by atoms with van der Waals surface area (Å²) in [5, 5.41) is 0. The van der Waals surface area contributed by atoms with Crippen LogP contribution in [0.3, 0.4) is 0 Å². The molecular formula is C23H24N2O2. The molecule has 2 amide bonds. The first kappa shape index (κ1) is 17.5. The summed E-state index contributed by atoms with van der Waals surface area (Å²) in [6, 6.07) is 18.1. The maximum Gasteiger partial charge on any atom is 0.242 e. The molecule has 2 aliphatic heterocycles. The lowest BCUT2D eigenvalue weighted by Crippen LogP contribution is -2.45. The third-order valence-electron chi connectivity index (χ3n) is 5.65. The minimum Gasteiger partial charge on any atom is -0.337 e. The molecule has 0 spiro atoms. The van der Waals surface area contributed by atoms with E-state index in [2.05, 4.69) is 18.2 Å². The lowest BCUT2D eigenvalue weighted by molar-refractivity contribution is -0.131. The van der Waals surface area contributed by atoms with Gasteiger partial charge < -0.3 is 9.80 Å². The van der Waals surface area contributed by atoms with Gasteiger partial charge in [0.2, 0.25) is 11.8 Å². The van der Waals surface area contributed by atoms with E-state index >= 15 is 0 Å². The fraction of sp³-hybridized carbons (Fsp3) is 0.304. The van der Waals surface area contributed by atoms with E-state index in [1.165, 1.54) is 11.1 Å². The maximum absolute atomic E-state index is 12.9. The molecule has 2 heterocycles. The molecule has 0 unspecified atom stereocenters. The van der Waals surface area contributed by atoms with Crippen molar-refractivity contribution in [3.63, 3.8) is 0 Å². The number of anilines is 1. The summed E-state index contributed by atoms with van der Waals surface area (Å²) >= 11 is 0. The van der Waals surface area contributed by atoms with E-state index in [-0.39, 0.29) is 18.4 Å². The van der Waals surface area contributed by atoms with Crippen LogP contribution in [0.15, 0.2) is 60.7 Å². The number of benzene rings is 2. The lowest BCUT2D eigenvalue weighted by Gasteiger charge is -2.29. The number of hydrogen-bond donors (Lipinski definition) is 0. The van der Waals surface area contributed by atoms with Gasteiger partial charge in [-0.2, -0.15) is 0 Å². The predicted molar refractivity (Wildman–Crippen MR) is 107 cm³/mol. The van der Waals surface area contributed by atoms with Crippen molar-refractivity contribution in [2.45, 2.75) is 25.7 Å². The lowest BCUT2D eigenvalue weighted by atomic mass is 9.86. The zero-order valence-electron chi connectivity index (χ0n) is 15.8. The molecule has 0 N–H and O–H groups in total. The Balaban J connectivity index is 1.48. The SMILES string of the molecule is CC1(C)C(=O)N(CC(=O)N2CC=C(c3ccccc3)CC2)c2ccccc21. The van der Waals surface area contributed by atoms with Gasteiger partial charge in [0.25, 0.3) is 0 Å². The molecule has 0 aliphatic carbocycles. The van der Waals surface area contributed by atoms with Crippen LogP contribution in [0, 0.1) is 0 Å². The fourth-order valence-electron chi connectivity index (χ4n) is 4.00. The molecule has 0 saturated heterocycles. The number of para-hydroxylation sites is 1. The van der Waals surface area contributed by atoms with Crippen molar-refractivity contribution in [3.05, 3.63) is 71.8 Å². The van der Waals surface area contributed by atoms with Crippen LogP contribution in [-0.2, 0) is 15.0 Å². The quantitative estimate of drug-likeness (QED) is 0.839. The number of fused-ring (bicyclic) bond motifs is 1. The molecule has 0 fully saturated rings. The van der Waals surface area contributed by atoms with Gasteiger partial charge in [0.05, 0.1) is 5.41 Å². The molecule has 138 valence electrons. The van der Waals surface area contributed by atoms with Gasteiger partial charge in [-0.1, -0.05) is 54.6 Å². The Hall–Kier alpha value is -2.88. The van der Waals surface area contributed by atoms with E-state index in [0.29, 0.717) is 13.1 Å². The van der Waals surface area contributed by atoms with Crippen LogP contribution in [0.5, 0.6) is 0 Å². The number of carbonyl (C=O) groups is 2. The average Bonchev–Trinajstić information content (AvgIpc) is 2.90. The van der Waals surface area contributed by atoms with Crippen molar-refractivity contribution in [2.24, 2.45) is 0 Å². The van der Waals surface area contributed by atoms with E-state index in [0.717, 1.165) is 17.7 Å². The van der Waals surface area contributed by atoms with E-state index < -0.39 is 5.41 Å². The second kappa shape index (κ2) is 6.69. The van der Waals surface area contributed by atoms with Gasteiger partial charge in [-0.3, -0.25) is 9.59 Å². The molecular weight excluding hydrogens is 336 g/mol. The highest BCUT2D eigenvalue weighted by Crippen LogP contribution is 2.41. The highest BCUT2D eigenvalue weighted by Gasteiger charge is 2.44. The van der Waals surface area contributed by atoms with Crippen LogP contribution in [0.25, 0.3) is 5.57 Å². The monoisotopic (exact) mass is 360 g/mol. The molecule has 0 bridgehead atoms. The number of nitrogens with zero attached hydrogens (tertiary/aromatic N) is 2. The molecule has 0 aromatic heterocycles.